The van der Waals surface area contributed by atoms with Gasteiger partial charge in [-0.15, -0.1) is 0 Å². The van der Waals surface area contributed by atoms with Crippen LogP contribution in [0.25, 0.3) is 11.3 Å². The molecule has 3 aromatic rings. The Balaban J connectivity index is 1.45. The number of fused-ring (bicyclic) bond motifs is 1. The van der Waals surface area contributed by atoms with Crippen LogP contribution in [-0.4, -0.2) is 55.5 Å². The zero-order chi connectivity index (χ0) is 28.9. The van der Waals surface area contributed by atoms with Crippen molar-refractivity contribution in [3.8, 4) is 0 Å². The predicted molar refractivity (Wildman–Crippen MR) is 163 cm³/mol. The number of piperidine rings is 1. The van der Waals surface area contributed by atoms with Gasteiger partial charge < -0.3 is 20.3 Å². The van der Waals surface area contributed by atoms with Gasteiger partial charge in [0.2, 0.25) is 5.91 Å². The van der Waals surface area contributed by atoms with Crippen LogP contribution in [0.1, 0.15) is 54.6 Å². The molecule has 212 valence electrons. The lowest BCUT2D eigenvalue weighted by atomic mass is 9.99. The molecule has 8 nitrogen and oxygen atoms in total. The van der Waals surface area contributed by atoms with Gasteiger partial charge in [-0.3, -0.25) is 14.5 Å². The van der Waals surface area contributed by atoms with E-state index >= 15 is 0 Å². The Morgan fingerprint density at radius 1 is 0.951 bits per heavy atom. The Morgan fingerprint density at radius 3 is 2.32 bits per heavy atom. The van der Waals surface area contributed by atoms with Crippen LogP contribution in [0, 0.1) is 0 Å². The van der Waals surface area contributed by atoms with Crippen molar-refractivity contribution < 1.29 is 19.1 Å². The Hall–Kier alpha value is -4.43. The van der Waals surface area contributed by atoms with E-state index in [-0.39, 0.29) is 17.9 Å². The molecule has 0 unspecified atom stereocenters. The molecule has 0 radical (unpaired) electrons. The molecule has 0 saturated carbocycles. The lowest BCUT2D eigenvalue weighted by Crippen LogP contribution is -2.45. The molecular formula is C33H36N4O4. The molecule has 2 N–H and O–H groups in total. The average Bonchev–Trinajstić information content (AvgIpc) is 3.31. The maximum absolute atomic E-state index is 13.3. The van der Waals surface area contributed by atoms with E-state index in [0.29, 0.717) is 34.6 Å². The Labute approximate surface area is 241 Å². The van der Waals surface area contributed by atoms with Crippen LogP contribution in [0.15, 0.2) is 72.8 Å². The second kappa shape index (κ2) is 12.4. The third-order valence-electron chi connectivity index (χ3n) is 7.51. The van der Waals surface area contributed by atoms with Gasteiger partial charge in [0, 0.05) is 23.0 Å². The summed E-state index contributed by atoms with van der Waals surface area (Å²) in [6.45, 7) is 6.42. The quantitative estimate of drug-likeness (QED) is 0.278. The highest BCUT2D eigenvalue weighted by Crippen LogP contribution is 2.38. The summed E-state index contributed by atoms with van der Waals surface area (Å²) >= 11 is 0. The van der Waals surface area contributed by atoms with Gasteiger partial charge in [0.25, 0.3) is 5.91 Å². The van der Waals surface area contributed by atoms with E-state index in [1.54, 1.807) is 18.2 Å². The Bertz CT molecular complexity index is 1460. The van der Waals surface area contributed by atoms with Gasteiger partial charge in [0.05, 0.1) is 36.2 Å². The molecule has 3 aromatic carbocycles. The molecule has 8 heteroatoms. The summed E-state index contributed by atoms with van der Waals surface area (Å²) < 4.78 is 4.84. The molecule has 5 rings (SSSR count). The van der Waals surface area contributed by atoms with Crippen LogP contribution in [0.2, 0.25) is 0 Å². The zero-order valence-corrected chi connectivity index (χ0v) is 23.8. The molecule has 0 bridgehead atoms. The van der Waals surface area contributed by atoms with Crippen molar-refractivity contribution in [3.63, 3.8) is 0 Å². The number of rotatable bonds is 8. The van der Waals surface area contributed by atoms with Crippen LogP contribution in [0.4, 0.5) is 17.1 Å². The van der Waals surface area contributed by atoms with E-state index < -0.39 is 5.97 Å². The molecular weight excluding hydrogens is 516 g/mol. The summed E-state index contributed by atoms with van der Waals surface area (Å²) in [5.74, 6) is -0.634. The number of anilines is 3. The number of carbonyl (C=O) groups excluding carboxylic acids is 3. The summed E-state index contributed by atoms with van der Waals surface area (Å²) in [5.41, 5.74) is 5.18. The number of hydrogen-bond acceptors (Lipinski definition) is 6. The second-order valence-corrected chi connectivity index (χ2v) is 10.7. The van der Waals surface area contributed by atoms with Crippen LogP contribution in [0.5, 0.6) is 0 Å². The maximum atomic E-state index is 13.3. The fourth-order valence-corrected chi connectivity index (χ4v) is 5.51. The monoisotopic (exact) mass is 552 g/mol. The first-order chi connectivity index (χ1) is 19.9. The summed E-state index contributed by atoms with van der Waals surface area (Å²) in [5, 5.41) is 6.36. The van der Waals surface area contributed by atoms with Crippen molar-refractivity contribution in [2.75, 3.05) is 42.3 Å². The minimum atomic E-state index is -0.467. The highest BCUT2D eigenvalue weighted by molar-refractivity contribution is 6.37. The molecule has 0 atom stereocenters. The van der Waals surface area contributed by atoms with Gasteiger partial charge in [-0.25, -0.2) is 4.79 Å². The average molecular weight is 553 g/mol. The first-order valence-corrected chi connectivity index (χ1v) is 14.1. The summed E-state index contributed by atoms with van der Waals surface area (Å²) in [6, 6.07) is 22.4. The SMILES string of the molecule is COC(=O)c1ccc2c(c1)NC(=O)/C2=C(\Nc1ccc(N(C(=O)CN2CCCCC2)C(C)C)cc1)c1ccccc1. The molecule has 1 fully saturated rings. The number of likely N-dealkylation sites (tertiary alicyclic amines) is 1. The maximum Gasteiger partial charge on any atom is 0.337 e. The van der Waals surface area contributed by atoms with Crippen molar-refractivity contribution in [2.45, 2.75) is 39.2 Å². The van der Waals surface area contributed by atoms with E-state index in [4.69, 9.17) is 4.74 Å². The summed E-state index contributed by atoms with van der Waals surface area (Å²) in [4.78, 5) is 42.7. The number of esters is 1. The lowest BCUT2D eigenvalue weighted by molar-refractivity contribution is -0.120. The summed E-state index contributed by atoms with van der Waals surface area (Å²) in [7, 11) is 1.33. The summed E-state index contributed by atoms with van der Waals surface area (Å²) in [6.07, 6.45) is 3.52. The van der Waals surface area contributed by atoms with Gasteiger partial charge in [-0.1, -0.05) is 42.8 Å². The van der Waals surface area contributed by atoms with E-state index in [2.05, 4.69) is 15.5 Å². The van der Waals surface area contributed by atoms with Crippen molar-refractivity contribution >= 4 is 46.1 Å². The van der Waals surface area contributed by atoms with Crippen molar-refractivity contribution in [1.29, 1.82) is 0 Å². The molecule has 2 aliphatic heterocycles. The third kappa shape index (κ3) is 6.18. The first kappa shape index (κ1) is 28.1. The topological polar surface area (TPSA) is 91.0 Å². The number of methoxy groups -OCH3 is 1. The molecule has 0 spiro atoms. The van der Waals surface area contributed by atoms with E-state index in [0.717, 1.165) is 42.9 Å². The number of ether oxygens (including phenoxy) is 1. The number of hydrogen-bond donors (Lipinski definition) is 2. The zero-order valence-electron chi connectivity index (χ0n) is 23.8. The Kier molecular flexibility index (Phi) is 8.50. The molecule has 2 heterocycles. The van der Waals surface area contributed by atoms with Crippen LogP contribution < -0.4 is 15.5 Å². The van der Waals surface area contributed by atoms with Crippen LogP contribution >= 0.6 is 0 Å². The first-order valence-electron chi connectivity index (χ1n) is 14.1. The Morgan fingerprint density at radius 2 is 1.66 bits per heavy atom. The fourth-order valence-electron chi connectivity index (χ4n) is 5.51. The van der Waals surface area contributed by atoms with E-state index in [1.807, 2.05) is 73.3 Å². The normalized spacial score (nSPS) is 16.1. The lowest BCUT2D eigenvalue weighted by Gasteiger charge is -2.32. The molecule has 0 aromatic heterocycles. The van der Waals surface area contributed by atoms with Gasteiger partial charge >= 0.3 is 5.97 Å². The minimum Gasteiger partial charge on any atom is -0.465 e. The highest BCUT2D eigenvalue weighted by atomic mass is 16.5. The largest absolute Gasteiger partial charge is 0.465 e. The van der Waals surface area contributed by atoms with E-state index in [9.17, 15) is 14.4 Å². The minimum absolute atomic E-state index is 0.0154. The smallest absolute Gasteiger partial charge is 0.337 e. The number of carbonyl (C=O) groups is 3. The molecule has 41 heavy (non-hydrogen) atoms. The van der Waals surface area contributed by atoms with Crippen LogP contribution in [-0.2, 0) is 14.3 Å². The van der Waals surface area contributed by atoms with Crippen LogP contribution in [0.3, 0.4) is 0 Å². The predicted octanol–water partition coefficient (Wildman–Crippen LogP) is 5.63. The van der Waals surface area contributed by atoms with Gasteiger partial charge in [-0.2, -0.15) is 0 Å². The molecule has 2 aliphatic rings. The number of nitrogens with one attached hydrogen (secondary N) is 2. The molecule has 0 aliphatic carbocycles. The molecule has 1 saturated heterocycles. The van der Waals surface area contributed by atoms with Gasteiger partial charge in [0.15, 0.2) is 0 Å². The van der Waals surface area contributed by atoms with E-state index in [1.165, 1.54) is 13.5 Å². The van der Waals surface area contributed by atoms with Crippen molar-refractivity contribution in [3.05, 3.63) is 89.5 Å². The van der Waals surface area contributed by atoms with Crippen molar-refractivity contribution in [2.24, 2.45) is 0 Å². The number of nitrogens with zero attached hydrogens (tertiary/aromatic N) is 2. The third-order valence-corrected chi connectivity index (χ3v) is 7.51. The molecule has 2 amide bonds. The second-order valence-electron chi connectivity index (χ2n) is 10.7. The van der Waals surface area contributed by atoms with Gasteiger partial charge in [0.1, 0.15) is 0 Å². The van der Waals surface area contributed by atoms with Crippen molar-refractivity contribution in [1.82, 2.24) is 4.90 Å². The number of amides is 2. The van der Waals surface area contributed by atoms with Gasteiger partial charge in [-0.05, 0) is 81.7 Å². The number of benzene rings is 3. The fraction of sp³-hybridized carbons (Fsp3) is 0.303. The standard InChI is InChI=1S/C33H36N4O4/c1-22(2)37(29(38)21-36-18-8-5-9-19-36)26-15-13-25(14-16-26)34-31(23-10-6-4-7-11-23)30-27-17-12-24(33(40)41-3)20-28(27)35-32(30)39/h4,6-7,10-17,20,22,34H,5,8-9,18-19,21H2,1-3H3,(H,35,39)/b31-30-. The highest BCUT2D eigenvalue weighted by Gasteiger charge is 2.29.